The number of halogens is 1. The van der Waals surface area contributed by atoms with Gasteiger partial charge in [-0.1, -0.05) is 0 Å². The predicted molar refractivity (Wildman–Crippen MR) is 74.4 cm³/mol. The highest BCUT2D eigenvalue weighted by Crippen LogP contribution is 2.43. The molecule has 1 unspecified atom stereocenters. The van der Waals surface area contributed by atoms with Crippen LogP contribution in [0.2, 0.25) is 0 Å². The predicted octanol–water partition coefficient (Wildman–Crippen LogP) is 2.39. The summed E-state index contributed by atoms with van der Waals surface area (Å²) < 4.78 is 0. The maximum atomic E-state index is 12.0. The number of nitrogens with one attached hydrogen (secondary N) is 2. The second-order valence-electron chi connectivity index (χ2n) is 4.38. The van der Waals surface area contributed by atoms with Crippen molar-refractivity contribution in [2.24, 2.45) is 0 Å². The molecular weight excluding hydrogens is 256 g/mol. The van der Waals surface area contributed by atoms with Crippen LogP contribution in [0.15, 0.2) is 11.4 Å². The first-order valence-corrected chi connectivity index (χ1v) is 6.63. The smallest absolute Gasteiger partial charge is 0.261 e. The summed E-state index contributed by atoms with van der Waals surface area (Å²) in [5, 5.41) is 8.09. The number of carbonyl (C=O) groups excluding carboxylic acids is 1. The van der Waals surface area contributed by atoms with E-state index in [9.17, 15) is 4.79 Å². The Morgan fingerprint density at radius 1 is 1.59 bits per heavy atom. The zero-order valence-corrected chi connectivity index (χ0v) is 11.8. The molecule has 1 aromatic heterocycles. The first-order valence-electron chi connectivity index (χ1n) is 5.75. The summed E-state index contributed by atoms with van der Waals surface area (Å²) in [6, 6.07) is 2.41. The van der Waals surface area contributed by atoms with E-state index in [0.29, 0.717) is 18.5 Å². The lowest BCUT2D eigenvalue weighted by atomic mass is 10.1. The van der Waals surface area contributed by atoms with E-state index in [2.05, 4.69) is 23.6 Å². The fraction of sp³-hybridized carbons (Fsp3) is 0.583. The number of thiophene rings is 1. The first kappa shape index (κ1) is 14.5. The molecule has 0 aromatic carbocycles. The van der Waals surface area contributed by atoms with E-state index in [1.807, 2.05) is 12.4 Å². The fourth-order valence-corrected chi connectivity index (χ4v) is 2.55. The minimum Gasteiger partial charge on any atom is -0.350 e. The van der Waals surface area contributed by atoms with Crippen molar-refractivity contribution in [1.82, 2.24) is 10.6 Å². The molecule has 17 heavy (non-hydrogen) atoms. The molecule has 2 rings (SSSR count). The van der Waals surface area contributed by atoms with Crippen LogP contribution in [0.1, 0.15) is 40.9 Å². The van der Waals surface area contributed by atoms with E-state index in [0.717, 1.165) is 4.88 Å². The lowest BCUT2D eigenvalue weighted by molar-refractivity contribution is 0.0953. The summed E-state index contributed by atoms with van der Waals surface area (Å²) in [4.78, 5) is 12.9. The summed E-state index contributed by atoms with van der Waals surface area (Å²) >= 11 is 1.55. The number of carbonyl (C=O) groups is 1. The number of hydrogen-bond acceptors (Lipinski definition) is 3. The van der Waals surface area contributed by atoms with E-state index in [-0.39, 0.29) is 18.3 Å². The fourth-order valence-electron chi connectivity index (χ4n) is 1.65. The van der Waals surface area contributed by atoms with Gasteiger partial charge in [-0.05, 0) is 49.7 Å². The van der Waals surface area contributed by atoms with Gasteiger partial charge in [0, 0.05) is 12.6 Å². The van der Waals surface area contributed by atoms with Gasteiger partial charge in [-0.25, -0.2) is 0 Å². The molecule has 3 nitrogen and oxygen atoms in total. The lowest BCUT2D eigenvalue weighted by Gasteiger charge is -2.11. The standard InChI is InChI=1S/C12H18N2OS.ClH/c1-8(13-2)7-14-12(15)11-10(5-6-16-11)9-3-4-9;/h5-6,8-9,13H,3-4,7H2,1-2H3,(H,14,15);1H. The second kappa shape index (κ2) is 6.38. The quantitative estimate of drug-likeness (QED) is 0.866. The van der Waals surface area contributed by atoms with Crippen LogP contribution in [0.4, 0.5) is 0 Å². The molecule has 1 atom stereocenters. The third-order valence-corrected chi connectivity index (χ3v) is 3.91. The molecule has 96 valence electrons. The minimum absolute atomic E-state index is 0. The van der Waals surface area contributed by atoms with Crippen LogP contribution in [-0.4, -0.2) is 25.5 Å². The Kier molecular flexibility index (Phi) is 5.43. The van der Waals surface area contributed by atoms with Crippen molar-refractivity contribution in [2.75, 3.05) is 13.6 Å². The van der Waals surface area contributed by atoms with Crippen LogP contribution in [0.5, 0.6) is 0 Å². The minimum atomic E-state index is 0. The third kappa shape index (κ3) is 3.69. The van der Waals surface area contributed by atoms with E-state index >= 15 is 0 Å². The van der Waals surface area contributed by atoms with Gasteiger partial charge in [0.1, 0.15) is 0 Å². The molecular formula is C12H19ClN2OS. The monoisotopic (exact) mass is 274 g/mol. The lowest BCUT2D eigenvalue weighted by Crippen LogP contribution is -2.37. The van der Waals surface area contributed by atoms with Crippen LogP contribution in [0.3, 0.4) is 0 Å². The molecule has 1 amide bonds. The van der Waals surface area contributed by atoms with Gasteiger partial charge in [0.2, 0.25) is 0 Å². The van der Waals surface area contributed by atoms with Crippen LogP contribution >= 0.6 is 23.7 Å². The molecule has 1 aliphatic rings. The molecule has 0 bridgehead atoms. The third-order valence-electron chi connectivity index (χ3n) is 2.98. The Morgan fingerprint density at radius 3 is 2.88 bits per heavy atom. The van der Waals surface area contributed by atoms with Gasteiger partial charge >= 0.3 is 0 Å². The zero-order valence-electron chi connectivity index (χ0n) is 10.2. The molecule has 0 aliphatic heterocycles. The van der Waals surface area contributed by atoms with Gasteiger partial charge in [0.15, 0.2) is 0 Å². The van der Waals surface area contributed by atoms with Crippen molar-refractivity contribution in [3.05, 3.63) is 21.9 Å². The highest BCUT2D eigenvalue weighted by Gasteiger charge is 2.28. The largest absolute Gasteiger partial charge is 0.350 e. The molecule has 1 heterocycles. The normalized spacial score (nSPS) is 16.1. The van der Waals surface area contributed by atoms with Gasteiger partial charge < -0.3 is 10.6 Å². The Balaban J connectivity index is 0.00000144. The van der Waals surface area contributed by atoms with Gasteiger partial charge in [0.05, 0.1) is 4.88 Å². The Morgan fingerprint density at radius 2 is 2.29 bits per heavy atom. The molecule has 0 spiro atoms. The number of amides is 1. The Labute approximate surface area is 112 Å². The average Bonchev–Trinajstić information content (AvgIpc) is 3.03. The van der Waals surface area contributed by atoms with E-state index in [1.165, 1.54) is 18.4 Å². The van der Waals surface area contributed by atoms with Crippen molar-refractivity contribution >= 4 is 29.7 Å². The molecule has 5 heteroatoms. The summed E-state index contributed by atoms with van der Waals surface area (Å²) in [6.07, 6.45) is 2.48. The molecule has 1 aliphatic carbocycles. The molecule has 1 aromatic rings. The summed E-state index contributed by atoms with van der Waals surface area (Å²) in [5.74, 6) is 0.729. The van der Waals surface area contributed by atoms with Crippen LogP contribution < -0.4 is 10.6 Å². The highest BCUT2D eigenvalue weighted by molar-refractivity contribution is 7.12. The summed E-state index contributed by atoms with van der Waals surface area (Å²) in [5.41, 5.74) is 1.25. The maximum absolute atomic E-state index is 12.0. The number of rotatable bonds is 5. The highest BCUT2D eigenvalue weighted by atomic mass is 35.5. The van der Waals surface area contributed by atoms with E-state index < -0.39 is 0 Å². The summed E-state index contributed by atoms with van der Waals surface area (Å²) in [7, 11) is 1.90. The number of likely N-dealkylation sites (N-methyl/N-ethyl adjacent to an activating group) is 1. The topological polar surface area (TPSA) is 41.1 Å². The summed E-state index contributed by atoms with van der Waals surface area (Å²) in [6.45, 7) is 2.73. The van der Waals surface area contributed by atoms with Crippen molar-refractivity contribution in [1.29, 1.82) is 0 Å². The van der Waals surface area contributed by atoms with Gasteiger partial charge in [-0.15, -0.1) is 23.7 Å². The van der Waals surface area contributed by atoms with Crippen LogP contribution in [0, 0.1) is 0 Å². The Bertz CT molecular complexity index is 376. The van der Waals surface area contributed by atoms with Crippen molar-refractivity contribution < 1.29 is 4.79 Å². The molecule has 1 saturated carbocycles. The van der Waals surface area contributed by atoms with Gasteiger partial charge in [-0.2, -0.15) is 0 Å². The van der Waals surface area contributed by atoms with E-state index in [4.69, 9.17) is 0 Å². The van der Waals surface area contributed by atoms with Crippen molar-refractivity contribution in [2.45, 2.75) is 31.7 Å². The van der Waals surface area contributed by atoms with E-state index in [1.54, 1.807) is 11.3 Å². The van der Waals surface area contributed by atoms with Crippen LogP contribution in [0.25, 0.3) is 0 Å². The van der Waals surface area contributed by atoms with Gasteiger partial charge in [-0.3, -0.25) is 4.79 Å². The Hall–Kier alpha value is -0.580. The van der Waals surface area contributed by atoms with Crippen molar-refractivity contribution in [3.63, 3.8) is 0 Å². The first-order chi connectivity index (χ1) is 7.72. The van der Waals surface area contributed by atoms with Crippen molar-refractivity contribution in [3.8, 4) is 0 Å². The average molecular weight is 275 g/mol. The molecule has 2 N–H and O–H groups in total. The SMILES string of the molecule is CNC(C)CNC(=O)c1sccc1C1CC1.Cl. The zero-order chi connectivity index (χ0) is 11.5. The molecule has 0 radical (unpaired) electrons. The van der Waals surface area contributed by atoms with Gasteiger partial charge in [0.25, 0.3) is 5.91 Å². The van der Waals surface area contributed by atoms with Crippen LogP contribution in [-0.2, 0) is 0 Å². The maximum Gasteiger partial charge on any atom is 0.261 e. The molecule has 0 saturated heterocycles. The second-order valence-corrected chi connectivity index (χ2v) is 5.30. The molecule has 1 fully saturated rings. The number of hydrogen-bond donors (Lipinski definition) is 2.